The number of anilines is 1. The summed E-state index contributed by atoms with van der Waals surface area (Å²) in [7, 11) is 0. The third-order valence-electron chi connectivity index (χ3n) is 2.57. The van der Waals surface area contributed by atoms with Crippen molar-refractivity contribution in [1.82, 2.24) is 5.32 Å². The summed E-state index contributed by atoms with van der Waals surface area (Å²) in [5.74, 6) is -0.204. The Kier molecular flexibility index (Phi) is 3.19. The third-order valence-corrected chi connectivity index (χ3v) is 2.80. The minimum absolute atomic E-state index is 0.124. The highest BCUT2D eigenvalue weighted by molar-refractivity contribution is 6.30. The molecule has 6 heteroatoms. The van der Waals surface area contributed by atoms with Crippen molar-refractivity contribution in [3.63, 3.8) is 0 Å². The average molecular weight is 255 g/mol. The van der Waals surface area contributed by atoms with Crippen molar-refractivity contribution in [2.75, 3.05) is 5.32 Å². The van der Waals surface area contributed by atoms with Gasteiger partial charge in [0.2, 0.25) is 5.91 Å². The molecule has 1 atom stereocenters. The van der Waals surface area contributed by atoms with E-state index >= 15 is 0 Å². The van der Waals surface area contributed by atoms with Gasteiger partial charge in [0.15, 0.2) is 0 Å². The summed E-state index contributed by atoms with van der Waals surface area (Å²) in [4.78, 5) is 22.1. The van der Waals surface area contributed by atoms with Crippen molar-refractivity contribution in [1.29, 1.82) is 0 Å². The van der Waals surface area contributed by atoms with Gasteiger partial charge in [-0.1, -0.05) is 11.6 Å². The quantitative estimate of drug-likeness (QED) is 0.716. The molecule has 1 aliphatic heterocycles. The monoisotopic (exact) mass is 254 g/mol. The van der Waals surface area contributed by atoms with Gasteiger partial charge in [-0.05, 0) is 30.2 Å². The minimum atomic E-state index is -1.13. The molecule has 90 valence electrons. The van der Waals surface area contributed by atoms with Crippen LogP contribution in [0.3, 0.4) is 0 Å². The number of hydrogen-bond acceptors (Lipinski definition) is 2. The predicted molar refractivity (Wildman–Crippen MR) is 63.4 cm³/mol. The molecule has 0 saturated carbocycles. The number of nitrogens with one attached hydrogen (secondary N) is 2. The second-order valence-electron chi connectivity index (χ2n) is 3.90. The summed E-state index contributed by atoms with van der Waals surface area (Å²) in [6.45, 7) is 0. The number of carboxylic acid groups (broad SMARTS) is 1. The maximum absolute atomic E-state index is 11.5. The largest absolute Gasteiger partial charge is 0.465 e. The van der Waals surface area contributed by atoms with Gasteiger partial charge in [0, 0.05) is 23.2 Å². The first kappa shape index (κ1) is 11.7. The molecule has 0 aliphatic carbocycles. The van der Waals surface area contributed by atoms with Crippen molar-refractivity contribution in [2.45, 2.75) is 18.9 Å². The molecular weight excluding hydrogens is 244 g/mol. The fraction of sp³-hybridized carbons (Fsp3) is 0.273. The van der Waals surface area contributed by atoms with Gasteiger partial charge in [-0.3, -0.25) is 4.79 Å². The van der Waals surface area contributed by atoms with Crippen LogP contribution in [0.4, 0.5) is 10.5 Å². The van der Waals surface area contributed by atoms with Crippen LogP contribution in [0.25, 0.3) is 0 Å². The molecule has 1 heterocycles. The molecule has 2 rings (SSSR count). The Bertz CT molecular complexity index is 476. The van der Waals surface area contributed by atoms with Crippen LogP contribution in [-0.2, 0) is 11.2 Å². The summed E-state index contributed by atoms with van der Waals surface area (Å²) in [6.07, 6.45) is -0.562. The predicted octanol–water partition coefficient (Wildman–Crippen LogP) is 1.86. The summed E-state index contributed by atoms with van der Waals surface area (Å²) >= 11 is 5.87. The van der Waals surface area contributed by atoms with Crippen molar-refractivity contribution >= 4 is 29.3 Å². The maximum Gasteiger partial charge on any atom is 0.404 e. The lowest BCUT2D eigenvalue weighted by molar-refractivity contribution is -0.116. The molecule has 3 N–H and O–H groups in total. The molecule has 1 aromatic carbocycles. The summed E-state index contributed by atoms with van der Waals surface area (Å²) in [6, 6.07) is 4.72. The van der Waals surface area contributed by atoms with E-state index in [1.54, 1.807) is 18.2 Å². The van der Waals surface area contributed by atoms with Crippen molar-refractivity contribution in [2.24, 2.45) is 0 Å². The van der Waals surface area contributed by atoms with Crippen LogP contribution in [0.5, 0.6) is 0 Å². The van der Waals surface area contributed by atoms with E-state index < -0.39 is 12.1 Å². The number of carbonyl (C=O) groups is 2. The molecule has 5 nitrogen and oxygen atoms in total. The number of amides is 2. The molecule has 17 heavy (non-hydrogen) atoms. The van der Waals surface area contributed by atoms with Crippen LogP contribution in [-0.4, -0.2) is 23.1 Å². The van der Waals surface area contributed by atoms with Crippen LogP contribution < -0.4 is 10.6 Å². The van der Waals surface area contributed by atoms with Crippen molar-refractivity contribution in [3.05, 3.63) is 28.8 Å². The first-order chi connectivity index (χ1) is 8.04. The second kappa shape index (κ2) is 4.63. The van der Waals surface area contributed by atoms with Gasteiger partial charge in [0.25, 0.3) is 0 Å². The Morgan fingerprint density at radius 3 is 2.94 bits per heavy atom. The van der Waals surface area contributed by atoms with E-state index in [4.69, 9.17) is 16.7 Å². The molecule has 0 fully saturated rings. The topological polar surface area (TPSA) is 78.4 Å². The zero-order valence-electron chi connectivity index (χ0n) is 8.87. The van der Waals surface area contributed by atoms with E-state index in [-0.39, 0.29) is 12.3 Å². The molecule has 1 aromatic rings. The van der Waals surface area contributed by atoms with Crippen LogP contribution >= 0.6 is 11.6 Å². The highest BCUT2D eigenvalue weighted by Crippen LogP contribution is 2.25. The molecule has 0 spiro atoms. The van der Waals surface area contributed by atoms with Crippen LogP contribution in [0.1, 0.15) is 12.0 Å². The number of rotatable bonds is 1. The molecular formula is C11H11ClN2O3. The van der Waals surface area contributed by atoms with Gasteiger partial charge in [-0.25, -0.2) is 4.79 Å². The van der Waals surface area contributed by atoms with Gasteiger partial charge < -0.3 is 15.7 Å². The number of benzene rings is 1. The number of fused-ring (bicyclic) bond motifs is 1. The molecule has 0 radical (unpaired) electrons. The van der Waals surface area contributed by atoms with E-state index in [0.717, 1.165) is 5.56 Å². The number of carbonyl (C=O) groups excluding carboxylic acids is 1. The molecule has 1 aliphatic rings. The molecule has 0 saturated heterocycles. The normalized spacial score (nSPS) is 18.9. The van der Waals surface area contributed by atoms with Gasteiger partial charge in [-0.2, -0.15) is 0 Å². The van der Waals surface area contributed by atoms with Crippen LogP contribution in [0.15, 0.2) is 18.2 Å². The smallest absolute Gasteiger partial charge is 0.404 e. The summed E-state index contributed by atoms with van der Waals surface area (Å²) < 4.78 is 0. The molecule has 1 unspecified atom stereocenters. The van der Waals surface area contributed by atoms with E-state index in [2.05, 4.69) is 10.6 Å². The molecule has 2 amide bonds. The lowest BCUT2D eigenvalue weighted by Gasteiger charge is -2.12. The summed E-state index contributed by atoms with van der Waals surface area (Å²) in [5, 5.41) is 14.3. The fourth-order valence-electron chi connectivity index (χ4n) is 1.89. The van der Waals surface area contributed by atoms with Gasteiger partial charge in [0.1, 0.15) is 0 Å². The van der Waals surface area contributed by atoms with Gasteiger partial charge >= 0.3 is 6.09 Å². The number of halogens is 1. The lowest BCUT2D eigenvalue weighted by atomic mass is 10.0. The zero-order valence-corrected chi connectivity index (χ0v) is 9.62. The summed E-state index contributed by atoms with van der Waals surface area (Å²) in [5.41, 5.74) is 1.52. The Labute approximate surface area is 103 Å². The SMILES string of the molecule is O=C(O)NC1CC(=O)Nc2ccc(Cl)cc2C1. The Morgan fingerprint density at radius 1 is 1.47 bits per heavy atom. The van der Waals surface area contributed by atoms with Crippen LogP contribution in [0, 0.1) is 0 Å². The Morgan fingerprint density at radius 2 is 2.24 bits per heavy atom. The average Bonchev–Trinajstić information content (AvgIpc) is 2.34. The first-order valence-electron chi connectivity index (χ1n) is 5.12. The standard InChI is InChI=1S/C11H11ClN2O3/c12-7-1-2-9-6(3-7)4-8(13-11(16)17)5-10(15)14-9/h1-3,8,13H,4-5H2,(H,14,15)(H,16,17). The van der Waals surface area contributed by atoms with E-state index in [0.29, 0.717) is 17.1 Å². The highest BCUT2D eigenvalue weighted by Gasteiger charge is 2.22. The third kappa shape index (κ3) is 2.88. The van der Waals surface area contributed by atoms with Crippen molar-refractivity contribution < 1.29 is 14.7 Å². The minimum Gasteiger partial charge on any atom is -0.465 e. The van der Waals surface area contributed by atoms with E-state index in [9.17, 15) is 9.59 Å². The number of hydrogen-bond donors (Lipinski definition) is 3. The van der Waals surface area contributed by atoms with Crippen molar-refractivity contribution in [3.8, 4) is 0 Å². The Hall–Kier alpha value is -1.75. The second-order valence-corrected chi connectivity index (χ2v) is 4.34. The fourth-order valence-corrected chi connectivity index (χ4v) is 2.09. The first-order valence-corrected chi connectivity index (χ1v) is 5.50. The van der Waals surface area contributed by atoms with E-state index in [1.165, 1.54) is 0 Å². The maximum atomic E-state index is 11.5. The highest BCUT2D eigenvalue weighted by atomic mass is 35.5. The van der Waals surface area contributed by atoms with E-state index in [1.807, 2.05) is 0 Å². The Balaban J connectivity index is 2.28. The molecule has 0 bridgehead atoms. The van der Waals surface area contributed by atoms with Gasteiger partial charge in [0.05, 0.1) is 0 Å². The zero-order chi connectivity index (χ0) is 12.4. The van der Waals surface area contributed by atoms with Crippen LogP contribution in [0.2, 0.25) is 5.02 Å². The molecule has 0 aromatic heterocycles. The van der Waals surface area contributed by atoms with Gasteiger partial charge in [-0.15, -0.1) is 0 Å². The lowest BCUT2D eigenvalue weighted by Crippen LogP contribution is -2.36.